The van der Waals surface area contributed by atoms with Crippen molar-refractivity contribution in [2.24, 2.45) is 0 Å². The molecular weight excluding hydrogens is 1230 g/mol. The Morgan fingerprint density at radius 2 is 0.320 bits per heavy atom. The van der Waals surface area contributed by atoms with Crippen molar-refractivity contribution in [3.63, 3.8) is 0 Å². The van der Waals surface area contributed by atoms with E-state index >= 15 is 0 Å². The van der Waals surface area contributed by atoms with Crippen LogP contribution in [0.2, 0.25) is 0 Å². The summed E-state index contributed by atoms with van der Waals surface area (Å²) in [4.78, 5) is 0. The molecule has 0 N–H and O–H groups in total. The summed E-state index contributed by atoms with van der Waals surface area (Å²) in [7, 11) is 0. The molecule has 0 atom stereocenters. The molecule has 18 rings (SSSR count). The molecule has 12 aliphatic carbocycles. The maximum absolute atomic E-state index is 3.05. The molecule has 0 aliphatic heterocycles. The van der Waals surface area contributed by atoms with E-state index < -0.39 is 23.9 Å². The molecule has 0 heterocycles. The molecule has 0 unspecified atom stereocenters. The molecule has 0 aromatic heterocycles. The summed E-state index contributed by atoms with van der Waals surface area (Å²) in [5.74, 6) is 0. The molecule has 0 spiro atoms. The summed E-state index contributed by atoms with van der Waals surface area (Å²) in [6.45, 7) is 68.4. The van der Waals surface area contributed by atoms with E-state index in [0.717, 1.165) is 12.8 Å². The quantitative estimate of drug-likeness (QED) is 0.133. The first-order valence-corrected chi connectivity index (χ1v) is 41.9. The SMILES string of the molecule is CCCCC12c3cc4c(cc3[C]([Ge][C]35c6cc7c(cc6C(CCCC)(c6cc8c(cc63)C(C)(C)CCC8(C)C)c3cc6c(cc35)C(C)(C)CCC6(C)C)C(C)(C)CCC7(C)C)(c3cc5c(cc31)C(C)(C)CCC5(C)C)c1cc3c(cc12)C(C)(C)CCC3(C)C)C(C)(C)CCC4(C)C. The molecule has 0 fully saturated rings. The molecule has 2 radical (unpaired) electrons. The van der Waals surface area contributed by atoms with Gasteiger partial charge in [0, 0.05) is 0 Å². The summed E-state index contributed by atoms with van der Waals surface area (Å²) >= 11 is -1.43. The van der Waals surface area contributed by atoms with E-state index in [2.05, 4.69) is 253 Å². The predicted octanol–water partition coefficient (Wildman–Crippen LogP) is 25.1. The number of fused-ring (bicyclic) bond motifs is 6. The first kappa shape index (κ1) is 67.4. The second-order valence-corrected chi connectivity index (χ2v) is 46.6. The van der Waals surface area contributed by atoms with Gasteiger partial charge in [0.1, 0.15) is 0 Å². The minimum atomic E-state index is -1.43. The van der Waals surface area contributed by atoms with E-state index in [1.165, 1.54) is 103 Å². The van der Waals surface area contributed by atoms with Gasteiger partial charge in [-0.3, -0.25) is 0 Å². The van der Waals surface area contributed by atoms with Crippen LogP contribution in [0.25, 0.3) is 0 Å². The van der Waals surface area contributed by atoms with Gasteiger partial charge >= 0.3 is 602 Å². The van der Waals surface area contributed by atoms with E-state index in [1.54, 1.807) is 134 Å². The number of rotatable bonds is 8. The molecule has 0 nitrogen and oxygen atoms in total. The average Bonchev–Trinajstić information content (AvgIpc) is 0.635. The Morgan fingerprint density at radius 1 is 0.196 bits per heavy atom. The first-order chi connectivity index (χ1) is 44.8. The van der Waals surface area contributed by atoms with Gasteiger partial charge in [-0.25, -0.2) is 0 Å². The summed E-state index contributed by atoms with van der Waals surface area (Å²) in [5, 5.41) is 0. The third-order valence-electron chi connectivity index (χ3n) is 31.3. The number of hydrogen-bond acceptors (Lipinski definition) is 0. The fourth-order valence-corrected chi connectivity index (χ4v) is 29.3. The molecule has 1 heteroatoms. The van der Waals surface area contributed by atoms with E-state index in [1.807, 2.05) is 0 Å². The zero-order valence-electron chi connectivity index (χ0n) is 66.2. The second-order valence-electron chi connectivity index (χ2n) is 42.9. The van der Waals surface area contributed by atoms with E-state index in [9.17, 15) is 0 Å². The fourth-order valence-electron chi connectivity index (χ4n) is 23.8. The van der Waals surface area contributed by atoms with Crippen LogP contribution in [0.5, 0.6) is 0 Å². The molecule has 514 valence electrons. The normalized spacial score (nSPS) is 29.9. The number of unbranched alkanes of at least 4 members (excludes halogenated alkanes) is 2. The van der Waals surface area contributed by atoms with Crippen LogP contribution in [-0.2, 0) is 84.3 Å². The van der Waals surface area contributed by atoms with Crippen LogP contribution in [0.4, 0.5) is 0 Å². The Morgan fingerprint density at radius 3 is 0.443 bits per heavy atom. The van der Waals surface area contributed by atoms with Crippen molar-refractivity contribution in [3.05, 3.63) is 206 Å². The minimum absolute atomic E-state index is 0.0225. The molecule has 12 aliphatic rings. The fraction of sp³-hybridized carbons (Fsp3) is 0.625. The molecule has 6 aromatic carbocycles. The van der Waals surface area contributed by atoms with Crippen molar-refractivity contribution in [3.8, 4) is 0 Å². The summed E-state index contributed by atoms with van der Waals surface area (Å²) in [6.07, 6.45) is 21.5. The van der Waals surface area contributed by atoms with Crippen LogP contribution < -0.4 is 0 Å². The summed E-state index contributed by atoms with van der Waals surface area (Å²) in [5.41, 5.74) is 40.0. The van der Waals surface area contributed by atoms with Gasteiger partial charge in [-0.2, -0.15) is 0 Å². The van der Waals surface area contributed by atoms with Crippen LogP contribution in [0.1, 0.15) is 429 Å². The topological polar surface area (TPSA) is 0 Å². The van der Waals surface area contributed by atoms with Crippen molar-refractivity contribution in [1.29, 1.82) is 0 Å². The van der Waals surface area contributed by atoms with Gasteiger partial charge in [-0.05, 0) is 0 Å². The van der Waals surface area contributed by atoms with Crippen LogP contribution in [0.3, 0.4) is 0 Å². The predicted molar refractivity (Wildman–Crippen MR) is 415 cm³/mol. The molecule has 4 bridgehead atoms. The van der Waals surface area contributed by atoms with Crippen molar-refractivity contribution >= 4 is 15.4 Å². The Kier molecular flexibility index (Phi) is 13.9. The monoisotopic (exact) mass is 1350 g/mol. The number of benzene rings is 6. The van der Waals surface area contributed by atoms with E-state index in [-0.39, 0.29) is 75.8 Å². The Labute approximate surface area is 597 Å². The van der Waals surface area contributed by atoms with Gasteiger partial charge in [0.15, 0.2) is 0 Å². The first-order valence-electron chi connectivity index (χ1n) is 39.8. The van der Waals surface area contributed by atoms with Gasteiger partial charge in [-0.1, -0.05) is 0 Å². The van der Waals surface area contributed by atoms with Crippen molar-refractivity contribution < 1.29 is 0 Å². The van der Waals surface area contributed by atoms with Crippen molar-refractivity contribution in [1.82, 2.24) is 0 Å². The molecular formula is C96H126Ge. The Balaban J connectivity index is 1.20. The standard InChI is InChI=1S/C96H126Ge/c1-27-29-31-93-69-45-57-63(87(15,16)39-33-81(57,3)4)51-75(69)95(76-52-64-58(46-70(76)93)82(5,6)34-40-88(64,17)18,77-53-65-59(47-71(77)93)83(7,8)35-41-89(65,19)20)97-96-78-54-66-60(84(9,10)36-42-90(66,21)22)48-72(78)94(32-30-28-2,73-49-61-67(55-79(73)96)91(23,24)43-37-85(61,11)12)74-50-62-68(56-80(74)96)92(25,26)44-38-86(62,13)14/h45-56H,27-44H2,1-26H3. The molecule has 0 saturated carbocycles. The summed E-state index contributed by atoms with van der Waals surface area (Å²) in [6, 6.07) is 36.3. The molecule has 0 amide bonds. The third-order valence-corrected chi connectivity index (χ3v) is 36.3. The van der Waals surface area contributed by atoms with Gasteiger partial charge in [0.25, 0.3) is 0 Å². The van der Waals surface area contributed by atoms with Crippen molar-refractivity contribution in [2.75, 3.05) is 0 Å². The Hall–Kier alpha value is -4.14. The van der Waals surface area contributed by atoms with Gasteiger partial charge in [0.05, 0.1) is 0 Å². The number of hydrogen-bond donors (Lipinski definition) is 0. The maximum atomic E-state index is 3.05. The van der Waals surface area contributed by atoms with Crippen molar-refractivity contribution in [2.45, 2.75) is 380 Å². The Bertz CT molecular complexity index is 3710. The van der Waals surface area contributed by atoms with Crippen LogP contribution >= 0.6 is 0 Å². The van der Waals surface area contributed by atoms with Gasteiger partial charge < -0.3 is 0 Å². The second kappa shape index (κ2) is 20.0. The van der Waals surface area contributed by atoms with Crippen LogP contribution in [0.15, 0.2) is 72.8 Å². The average molecular weight is 1350 g/mol. The van der Waals surface area contributed by atoms with Crippen LogP contribution in [0, 0.1) is 0 Å². The molecule has 0 saturated heterocycles. The van der Waals surface area contributed by atoms with E-state index in [0.29, 0.717) is 0 Å². The third kappa shape index (κ3) is 8.59. The molecule has 97 heavy (non-hydrogen) atoms. The zero-order chi connectivity index (χ0) is 69.8. The van der Waals surface area contributed by atoms with Gasteiger partial charge in [-0.15, -0.1) is 0 Å². The van der Waals surface area contributed by atoms with Gasteiger partial charge in [0.2, 0.25) is 0 Å². The summed E-state index contributed by atoms with van der Waals surface area (Å²) < 4.78 is -0.903. The van der Waals surface area contributed by atoms with Crippen LogP contribution in [-0.4, -0.2) is 15.4 Å². The molecule has 6 aromatic rings. The zero-order valence-corrected chi connectivity index (χ0v) is 68.3. The van der Waals surface area contributed by atoms with E-state index in [4.69, 9.17) is 0 Å².